The Morgan fingerprint density at radius 1 is 1.47 bits per heavy atom. The number of piperidine rings is 1. The highest BCUT2D eigenvalue weighted by Crippen LogP contribution is 2.35. The van der Waals surface area contributed by atoms with Crippen molar-refractivity contribution in [3.63, 3.8) is 0 Å². The number of hydrogen-bond donors (Lipinski definition) is 2. The summed E-state index contributed by atoms with van der Waals surface area (Å²) in [5.74, 6) is -0.773. The number of ether oxygens (including phenoxy) is 1. The number of carbonyl (C=O) groups is 1. The SMILES string of the molecule is C[C@H](C(=O)O)N1CCC2(CC1)C[C@@H](O)CCO2. The standard InChI is InChI=1S/C12H21NO4/c1-9(11(15)16)13-5-3-12(4-6-13)8-10(14)2-7-17-12/h9-10,14H,2-8H2,1H3,(H,15,16)/t9-,10+/m1/s1. The molecule has 0 aromatic heterocycles. The van der Waals surface area contributed by atoms with Gasteiger partial charge in [0, 0.05) is 26.1 Å². The Morgan fingerprint density at radius 2 is 2.12 bits per heavy atom. The van der Waals surface area contributed by atoms with Gasteiger partial charge in [-0.05, 0) is 26.2 Å². The van der Waals surface area contributed by atoms with E-state index in [9.17, 15) is 9.90 Å². The van der Waals surface area contributed by atoms with E-state index in [4.69, 9.17) is 9.84 Å². The van der Waals surface area contributed by atoms with Crippen molar-refractivity contribution in [2.24, 2.45) is 0 Å². The van der Waals surface area contributed by atoms with Gasteiger partial charge in [0.15, 0.2) is 0 Å². The molecule has 2 heterocycles. The molecule has 5 nitrogen and oxygen atoms in total. The molecule has 17 heavy (non-hydrogen) atoms. The smallest absolute Gasteiger partial charge is 0.320 e. The van der Waals surface area contributed by atoms with Gasteiger partial charge in [0.1, 0.15) is 6.04 Å². The predicted molar refractivity (Wildman–Crippen MR) is 61.8 cm³/mol. The summed E-state index contributed by atoms with van der Waals surface area (Å²) < 4.78 is 5.83. The van der Waals surface area contributed by atoms with Crippen molar-refractivity contribution in [1.82, 2.24) is 4.90 Å². The van der Waals surface area contributed by atoms with Gasteiger partial charge < -0.3 is 14.9 Å². The Morgan fingerprint density at radius 3 is 2.65 bits per heavy atom. The van der Waals surface area contributed by atoms with E-state index in [0.717, 1.165) is 32.4 Å². The van der Waals surface area contributed by atoms with Crippen molar-refractivity contribution < 1.29 is 19.7 Å². The number of carboxylic acid groups (broad SMARTS) is 1. The second kappa shape index (κ2) is 4.92. The van der Waals surface area contributed by atoms with Crippen LogP contribution in [0.3, 0.4) is 0 Å². The third-order valence-electron chi connectivity index (χ3n) is 4.08. The van der Waals surface area contributed by atoms with Gasteiger partial charge in [0.25, 0.3) is 0 Å². The molecule has 2 fully saturated rings. The van der Waals surface area contributed by atoms with Crippen LogP contribution in [-0.2, 0) is 9.53 Å². The number of hydrogen-bond acceptors (Lipinski definition) is 4. The molecule has 0 amide bonds. The molecular weight excluding hydrogens is 222 g/mol. The molecule has 2 saturated heterocycles. The zero-order valence-electron chi connectivity index (χ0n) is 10.3. The topological polar surface area (TPSA) is 70.0 Å². The summed E-state index contributed by atoms with van der Waals surface area (Å²) in [5, 5.41) is 18.7. The Kier molecular flexibility index (Phi) is 3.70. The molecule has 2 atom stereocenters. The van der Waals surface area contributed by atoms with Crippen LogP contribution >= 0.6 is 0 Å². The number of likely N-dealkylation sites (tertiary alicyclic amines) is 1. The molecule has 98 valence electrons. The Labute approximate surface area is 101 Å². The average Bonchev–Trinajstić information content (AvgIpc) is 2.29. The summed E-state index contributed by atoms with van der Waals surface area (Å²) in [6.45, 7) is 3.81. The lowest BCUT2D eigenvalue weighted by atomic mass is 9.83. The van der Waals surface area contributed by atoms with Crippen LogP contribution in [0.1, 0.15) is 32.6 Å². The van der Waals surface area contributed by atoms with Crippen molar-refractivity contribution in [2.45, 2.75) is 50.4 Å². The summed E-state index contributed by atoms with van der Waals surface area (Å²) >= 11 is 0. The summed E-state index contributed by atoms with van der Waals surface area (Å²) in [4.78, 5) is 12.9. The largest absolute Gasteiger partial charge is 0.480 e. The molecule has 0 aromatic rings. The quantitative estimate of drug-likeness (QED) is 0.737. The number of aliphatic carboxylic acids is 1. The first-order chi connectivity index (χ1) is 8.02. The number of nitrogens with zero attached hydrogens (tertiary/aromatic N) is 1. The second-order valence-corrected chi connectivity index (χ2v) is 5.23. The highest BCUT2D eigenvalue weighted by molar-refractivity contribution is 5.72. The van der Waals surface area contributed by atoms with Crippen molar-refractivity contribution in [1.29, 1.82) is 0 Å². The van der Waals surface area contributed by atoms with E-state index in [2.05, 4.69) is 0 Å². The van der Waals surface area contributed by atoms with Crippen LogP contribution in [-0.4, -0.2) is 58.5 Å². The molecule has 1 spiro atoms. The fraction of sp³-hybridized carbons (Fsp3) is 0.917. The van der Waals surface area contributed by atoms with Gasteiger partial charge in [-0.25, -0.2) is 0 Å². The van der Waals surface area contributed by atoms with E-state index < -0.39 is 12.0 Å². The number of rotatable bonds is 2. The molecule has 0 aromatic carbocycles. The van der Waals surface area contributed by atoms with Gasteiger partial charge in [-0.15, -0.1) is 0 Å². The van der Waals surface area contributed by atoms with Crippen LogP contribution in [0.2, 0.25) is 0 Å². The lowest BCUT2D eigenvalue weighted by molar-refractivity contribution is -0.156. The van der Waals surface area contributed by atoms with Crippen LogP contribution in [0, 0.1) is 0 Å². The van der Waals surface area contributed by atoms with Crippen LogP contribution in [0.25, 0.3) is 0 Å². The zero-order valence-corrected chi connectivity index (χ0v) is 10.3. The monoisotopic (exact) mass is 243 g/mol. The number of aliphatic hydroxyl groups is 1. The minimum absolute atomic E-state index is 0.202. The van der Waals surface area contributed by atoms with Crippen molar-refractivity contribution in [3.8, 4) is 0 Å². The van der Waals surface area contributed by atoms with E-state index >= 15 is 0 Å². The summed E-state index contributed by atoms with van der Waals surface area (Å²) in [6.07, 6.45) is 2.80. The first kappa shape index (κ1) is 12.8. The van der Waals surface area contributed by atoms with Crippen molar-refractivity contribution >= 4 is 5.97 Å². The first-order valence-electron chi connectivity index (χ1n) is 6.31. The summed E-state index contributed by atoms with van der Waals surface area (Å²) in [5.41, 5.74) is -0.202. The van der Waals surface area contributed by atoms with Gasteiger partial charge in [0.2, 0.25) is 0 Å². The minimum Gasteiger partial charge on any atom is -0.480 e. The molecule has 0 bridgehead atoms. The normalized spacial score (nSPS) is 31.3. The van der Waals surface area contributed by atoms with Gasteiger partial charge in [-0.1, -0.05) is 0 Å². The number of aliphatic hydroxyl groups excluding tert-OH is 1. The van der Waals surface area contributed by atoms with Gasteiger partial charge >= 0.3 is 5.97 Å². The van der Waals surface area contributed by atoms with Crippen molar-refractivity contribution in [2.75, 3.05) is 19.7 Å². The minimum atomic E-state index is -0.773. The maximum Gasteiger partial charge on any atom is 0.320 e. The van der Waals surface area contributed by atoms with Crippen LogP contribution in [0.15, 0.2) is 0 Å². The van der Waals surface area contributed by atoms with E-state index in [1.807, 2.05) is 4.90 Å². The molecule has 2 aliphatic heterocycles. The molecule has 5 heteroatoms. The van der Waals surface area contributed by atoms with E-state index in [1.54, 1.807) is 6.92 Å². The van der Waals surface area contributed by atoms with Gasteiger partial charge in [0.05, 0.1) is 11.7 Å². The van der Waals surface area contributed by atoms with E-state index in [-0.39, 0.29) is 11.7 Å². The molecule has 0 aliphatic carbocycles. The maximum absolute atomic E-state index is 10.9. The van der Waals surface area contributed by atoms with Gasteiger partial charge in [-0.3, -0.25) is 9.69 Å². The fourth-order valence-corrected chi connectivity index (χ4v) is 2.83. The predicted octanol–water partition coefficient (Wildman–Crippen LogP) is 0.465. The zero-order chi connectivity index (χ0) is 12.5. The Bertz CT molecular complexity index is 286. The maximum atomic E-state index is 10.9. The lowest BCUT2D eigenvalue weighted by Crippen LogP contribution is -2.53. The van der Waals surface area contributed by atoms with Crippen LogP contribution < -0.4 is 0 Å². The average molecular weight is 243 g/mol. The fourth-order valence-electron chi connectivity index (χ4n) is 2.83. The molecule has 0 radical (unpaired) electrons. The highest BCUT2D eigenvalue weighted by Gasteiger charge is 2.41. The van der Waals surface area contributed by atoms with Gasteiger partial charge in [-0.2, -0.15) is 0 Å². The molecule has 0 saturated carbocycles. The summed E-state index contributed by atoms with van der Waals surface area (Å²) in [7, 11) is 0. The second-order valence-electron chi connectivity index (χ2n) is 5.23. The molecule has 2 rings (SSSR count). The van der Waals surface area contributed by atoms with Crippen molar-refractivity contribution in [3.05, 3.63) is 0 Å². The third kappa shape index (κ3) is 2.78. The lowest BCUT2D eigenvalue weighted by Gasteiger charge is -2.46. The number of carboxylic acids is 1. The highest BCUT2D eigenvalue weighted by atomic mass is 16.5. The molecular formula is C12H21NO4. The Hall–Kier alpha value is -0.650. The van der Waals surface area contributed by atoms with E-state index in [1.165, 1.54) is 0 Å². The third-order valence-corrected chi connectivity index (χ3v) is 4.08. The summed E-state index contributed by atoms with van der Waals surface area (Å²) in [6, 6.07) is -0.430. The molecule has 0 unspecified atom stereocenters. The first-order valence-corrected chi connectivity index (χ1v) is 6.31. The molecule has 2 N–H and O–H groups in total. The Balaban J connectivity index is 1.91. The van der Waals surface area contributed by atoms with E-state index in [0.29, 0.717) is 13.0 Å². The van der Waals surface area contributed by atoms with Crippen LogP contribution in [0.5, 0.6) is 0 Å². The molecule has 2 aliphatic rings. The van der Waals surface area contributed by atoms with Crippen LogP contribution in [0.4, 0.5) is 0 Å².